The predicted octanol–water partition coefficient (Wildman–Crippen LogP) is 3.20. The molecule has 25 heavy (non-hydrogen) atoms. The highest BCUT2D eigenvalue weighted by Gasteiger charge is 2.15. The number of carbonyl (C=O) groups is 1. The number of hydrogen-bond acceptors (Lipinski definition) is 4. The number of fused-ring (bicyclic) bond motifs is 1. The smallest absolute Gasteiger partial charge is 0.335 e. The predicted molar refractivity (Wildman–Crippen MR) is 93.6 cm³/mol. The zero-order valence-electron chi connectivity index (χ0n) is 13.3. The summed E-state index contributed by atoms with van der Waals surface area (Å²) in [5.41, 5.74) is 9.69. The van der Waals surface area contributed by atoms with Crippen LogP contribution in [0.2, 0.25) is 0 Å². The first-order valence-electron chi connectivity index (χ1n) is 7.83. The van der Waals surface area contributed by atoms with E-state index in [1.165, 1.54) is 0 Å². The zero-order chi connectivity index (χ0) is 17.4. The normalized spacial score (nSPS) is 12.8. The number of ether oxygens (including phenoxy) is 2. The molecule has 0 spiro atoms. The number of nitrogen functional groups attached to an aromatic ring is 1. The molecule has 1 aliphatic heterocycles. The minimum atomic E-state index is -0.949. The summed E-state index contributed by atoms with van der Waals surface area (Å²) in [6, 6.07) is 12.4. The van der Waals surface area contributed by atoms with Gasteiger partial charge in [-0.05, 0) is 42.0 Å². The quantitative estimate of drug-likeness (QED) is 0.767. The van der Waals surface area contributed by atoms with Crippen LogP contribution in [0, 0.1) is 0 Å². The van der Waals surface area contributed by atoms with Gasteiger partial charge >= 0.3 is 5.97 Å². The van der Waals surface area contributed by atoms with Crippen molar-refractivity contribution in [3.05, 3.63) is 60.4 Å². The topological polar surface area (TPSA) is 86.7 Å². The summed E-state index contributed by atoms with van der Waals surface area (Å²) in [6.45, 7) is 1.08. The van der Waals surface area contributed by atoms with Crippen LogP contribution in [-0.4, -0.2) is 28.9 Å². The van der Waals surface area contributed by atoms with Crippen LogP contribution in [0.4, 0.5) is 5.69 Å². The molecule has 0 amide bonds. The van der Waals surface area contributed by atoms with E-state index in [2.05, 4.69) is 0 Å². The van der Waals surface area contributed by atoms with E-state index in [-0.39, 0.29) is 5.56 Å². The molecule has 126 valence electrons. The fourth-order valence-corrected chi connectivity index (χ4v) is 2.85. The molecule has 4 rings (SSSR count). The van der Waals surface area contributed by atoms with Gasteiger partial charge < -0.3 is 24.9 Å². The van der Waals surface area contributed by atoms with Crippen LogP contribution >= 0.6 is 0 Å². The molecule has 0 atom stereocenters. The number of aromatic nitrogens is 1. The summed E-state index contributed by atoms with van der Waals surface area (Å²) in [5.74, 6) is 0.495. The molecular formula is C19H16N2O4. The lowest BCUT2D eigenvalue weighted by Crippen LogP contribution is -2.15. The second-order valence-electron chi connectivity index (χ2n) is 5.74. The molecule has 0 saturated heterocycles. The number of aromatic carboxylic acids is 1. The number of rotatable bonds is 3. The van der Waals surface area contributed by atoms with Crippen LogP contribution in [0.3, 0.4) is 0 Å². The van der Waals surface area contributed by atoms with Crippen molar-refractivity contribution in [3.8, 4) is 28.3 Å². The number of nitrogens with two attached hydrogens (primary N) is 1. The fourth-order valence-electron chi connectivity index (χ4n) is 2.85. The van der Waals surface area contributed by atoms with Crippen LogP contribution in [0.25, 0.3) is 16.8 Å². The SMILES string of the molecule is Nc1cn(-c2ccc(C(=O)O)cc2)cc1-c1ccc2c(c1)OCCO2. The van der Waals surface area contributed by atoms with Crippen molar-refractivity contribution in [2.75, 3.05) is 18.9 Å². The number of anilines is 1. The molecule has 1 aliphatic rings. The maximum Gasteiger partial charge on any atom is 0.335 e. The highest BCUT2D eigenvalue weighted by Crippen LogP contribution is 2.37. The minimum Gasteiger partial charge on any atom is -0.486 e. The molecular weight excluding hydrogens is 320 g/mol. The Balaban J connectivity index is 1.69. The van der Waals surface area contributed by atoms with E-state index in [0.29, 0.717) is 24.7 Å². The van der Waals surface area contributed by atoms with Crippen LogP contribution in [0.15, 0.2) is 54.9 Å². The monoisotopic (exact) mass is 336 g/mol. The molecule has 2 aromatic carbocycles. The molecule has 0 bridgehead atoms. The van der Waals surface area contributed by atoms with E-state index in [4.69, 9.17) is 20.3 Å². The number of nitrogens with zero attached hydrogens (tertiary/aromatic N) is 1. The molecule has 3 N–H and O–H groups in total. The number of carboxylic acid groups (broad SMARTS) is 1. The van der Waals surface area contributed by atoms with E-state index < -0.39 is 5.97 Å². The summed E-state index contributed by atoms with van der Waals surface area (Å²) in [7, 11) is 0. The highest BCUT2D eigenvalue weighted by atomic mass is 16.6. The van der Waals surface area contributed by atoms with Crippen molar-refractivity contribution in [2.45, 2.75) is 0 Å². The Bertz CT molecular complexity index is 945. The van der Waals surface area contributed by atoms with Gasteiger partial charge in [-0.2, -0.15) is 0 Å². The van der Waals surface area contributed by atoms with Gasteiger partial charge in [0.15, 0.2) is 11.5 Å². The number of benzene rings is 2. The van der Waals surface area contributed by atoms with E-state index in [1.54, 1.807) is 24.3 Å². The Hall–Kier alpha value is -3.41. The van der Waals surface area contributed by atoms with Gasteiger partial charge in [0.25, 0.3) is 0 Å². The van der Waals surface area contributed by atoms with Gasteiger partial charge in [-0.3, -0.25) is 0 Å². The standard InChI is InChI=1S/C19H16N2O4/c20-16-11-21(14-4-1-12(2-5-14)19(22)23)10-15(16)13-3-6-17-18(9-13)25-8-7-24-17/h1-6,9-11H,7-8,20H2,(H,22,23). The van der Waals surface area contributed by atoms with Crippen LogP contribution in [0.5, 0.6) is 11.5 Å². The Labute approximate surface area is 144 Å². The van der Waals surface area contributed by atoms with Gasteiger partial charge in [0, 0.05) is 23.6 Å². The molecule has 6 nitrogen and oxygen atoms in total. The Morgan fingerprint density at radius 2 is 1.72 bits per heavy atom. The summed E-state index contributed by atoms with van der Waals surface area (Å²) in [6.07, 6.45) is 3.72. The lowest BCUT2D eigenvalue weighted by Gasteiger charge is -2.18. The lowest BCUT2D eigenvalue weighted by molar-refractivity contribution is 0.0697. The second-order valence-corrected chi connectivity index (χ2v) is 5.74. The summed E-state index contributed by atoms with van der Waals surface area (Å²) in [5, 5.41) is 8.99. The maximum atomic E-state index is 11.0. The fraction of sp³-hybridized carbons (Fsp3) is 0.105. The van der Waals surface area contributed by atoms with E-state index >= 15 is 0 Å². The summed E-state index contributed by atoms with van der Waals surface area (Å²) >= 11 is 0. The van der Waals surface area contributed by atoms with E-state index in [0.717, 1.165) is 22.6 Å². The van der Waals surface area contributed by atoms with Crippen molar-refractivity contribution in [3.63, 3.8) is 0 Å². The molecule has 3 aromatic rings. The maximum absolute atomic E-state index is 11.0. The molecule has 0 unspecified atom stereocenters. The first-order valence-corrected chi connectivity index (χ1v) is 7.83. The molecule has 0 radical (unpaired) electrons. The first kappa shape index (κ1) is 15.1. The highest BCUT2D eigenvalue weighted by molar-refractivity contribution is 5.87. The summed E-state index contributed by atoms with van der Waals surface area (Å²) < 4.78 is 13.0. The van der Waals surface area contributed by atoms with Gasteiger partial charge in [-0.1, -0.05) is 6.07 Å². The van der Waals surface area contributed by atoms with Crippen molar-refractivity contribution in [1.29, 1.82) is 0 Å². The third kappa shape index (κ3) is 2.78. The Morgan fingerprint density at radius 1 is 1.00 bits per heavy atom. The van der Waals surface area contributed by atoms with Gasteiger partial charge in [0.05, 0.1) is 11.3 Å². The first-order chi connectivity index (χ1) is 12.1. The van der Waals surface area contributed by atoms with Gasteiger partial charge in [-0.15, -0.1) is 0 Å². The average Bonchev–Trinajstić information content (AvgIpc) is 3.03. The molecule has 0 saturated carbocycles. The number of carboxylic acids is 1. The summed E-state index contributed by atoms with van der Waals surface area (Å²) in [4.78, 5) is 11.0. The zero-order valence-corrected chi connectivity index (χ0v) is 13.3. The van der Waals surface area contributed by atoms with Gasteiger partial charge in [-0.25, -0.2) is 4.79 Å². The third-order valence-corrected chi connectivity index (χ3v) is 4.12. The van der Waals surface area contributed by atoms with E-state index in [9.17, 15) is 4.79 Å². The minimum absolute atomic E-state index is 0.246. The van der Waals surface area contributed by atoms with Crippen molar-refractivity contribution in [1.82, 2.24) is 4.57 Å². The van der Waals surface area contributed by atoms with Crippen molar-refractivity contribution >= 4 is 11.7 Å². The Kier molecular flexibility index (Phi) is 3.57. The van der Waals surface area contributed by atoms with Crippen LogP contribution < -0.4 is 15.2 Å². The van der Waals surface area contributed by atoms with Gasteiger partial charge in [0.2, 0.25) is 0 Å². The number of hydrogen-bond donors (Lipinski definition) is 2. The second kappa shape index (κ2) is 5.90. The third-order valence-electron chi connectivity index (χ3n) is 4.12. The average molecular weight is 336 g/mol. The Morgan fingerprint density at radius 3 is 2.44 bits per heavy atom. The van der Waals surface area contributed by atoms with Crippen LogP contribution in [0.1, 0.15) is 10.4 Å². The van der Waals surface area contributed by atoms with Crippen molar-refractivity contribution in [2.24, 2.45) is 0 Å². The molecule has 0 aliphatic carbocycles. The lowest BCUT2D eigenvalue weighted by atomic mass is 10.1. The molecule has 2 heterocycles. The largest absolute Gasteiger partial charge is 0.486 e. The van der Waals surface area contributed by atoms with E-state index in [1.807, 2.05) is 35.2 Å². The molecule has 0 fully saturated rings. The van der Waals surface area contributed by atoms with Crippen molar-refractivity contribution < 1.29 is 19.4 Å². The molecule has 6 heteroatoms. The van der Waals surface area contributed by atoms with Crippen LogP contribution in [-0.2, 0) is 0 Å². The van der Waals surface area contributed by atoms with Gasteiger partial charge in [0.1, 0.15) is 13.2 Å². The molecule has 1 aromatic heterocycles.